The Labute approximate surface area is 122 Å². The molecule has 0 radical (unpaired) electrons. The number of carbonyl (C=O) groups is 1. The predicted molar refractivity (Wildman–Crippen MR) is 79.6 cm³/mol. The summed E-state index contributed by atoms with van der Waals surface area (Å²) in [5, 5.41) is 3.17. The minimum Gasteiger partial charge on any atom is -0.496 e. The minimum atomic E-state index is -0.430. The molecule has 106 valence electrons. The van der Waals surface area contributed by atoms with E-state index in [9.17, 15) is 4.79 Å². The zero-order valence-electron chi connectivity index (χ0n) is 11.7. The summed E-state index contributed by atoms with van der Waals surface area (Å²) in [6, 6.07) is 5.67. The lowest BCUT2D eigenvalue weighted by Gasteiger charge is -2.19. The van der Waals surface area contributed by atoms with Crippen LogP contribution in [0.2, 0.25) is 0 Å². The van der Waals surface area contributed by atoms with E-state index in [2.05, 4.69) is 21.2 Å². The van der Waals surface area contributed by atoms with Crippen molar-refractivity contribution in [2.45, 2.75) is 32.8 Å². The first-order valence-corrected chi connectivity index (χ1v) is 6.90. The molecule has 1 N–H and O–H groups in total. The fourth-order valence-electron chi connectivity index (χ4n) is 1.48. The van der Waals surface area contributed by atoms with Crippen LogP contribution in [-0.4, -0.2) is 25.2 Å². The maximum atomic E-state index is 11.5. The summed E-state index contributed by atoms with van der Waals surface area (Å²) in [6.45, 7) is 6.12. The van der Waals surface area contributed by atoms with Crippen molar-refractivity contribution >= 4 is 27.6 Å². The van der Waals surface area contributed by atoms with Gasteiger partial charge in [-0.15, -0.1) is 0 Å². The Kier molecular flexibility index (Phi) is 5.66. The van der Waals surface area contributed by atoms with Crippen molar-refractivity contribution in [1.82, 2.24) is 0 Å². The number of nitrogens with one attached hydrogen (secondary N) is 1. The average Bonchev–Trinajstić information content (AvgIpc) is 2.26. The number of benzene rings is 1. The molecule has 0 atom stereocenters. The molecule has 0 amide bonds. The second kappa shape index (κ2) is 6.80. The average molecular weight is 330 g/mol. The highest BCUT2D eigenvalue weighted by atomic mass is 79.9. The fourth-order valence-corrected chi connectivity index (χ4v) is 2.02. The number of rotatable bonds is 5. The van der Waals surface area contributed by atoms with Crippen LogP contribution in [0.15, 0.2) is 22.7 Å². The maximum Gasteiger partial charge on any atom is 0.308 e. The monoisotopic (exact) mass is 329 g/mol. The molecule has 1 aromatic carbocycles. The van der Waals surface area contributed by atoms with Crippen molar-refractivity contribution in [3.63, 3.8) is 0 Å². The molecule has 0 fully saturated rings. The Morgan fingerprint density at radius 1 is 1.37 bits per heavy atom. The van der Waals surface area contributed by atoms with Crippen LogP contribution in [0.1, 0.15) is 27.2 Å². The van der Waals surface area contributed by atoms with E-state index in [4.69, 9.17) is 9.47 Å². The van der Waals surface area contributed by atoms with Gasteiger partial charge in [-0.05, 0) is 54.9 Å². The van der Waals surface area contributed by atoms with Gasteiger partial charge in [0.15, 0.2) is 0 Å². The summed E-state index contributed by atoms with van der Waals surface area (Å²) >= 11 is 3.41. The number of carbonyl (C=O) groups excluding carboxylic acids is 1. The van der Waals surface area contributed by atoms with E-state index in [0.29, 0.717) is 13.0 Å². The van der Waals surface area contributed by atoms with Crippen LogP contribution in [-0.2, 0) is 9.53 Å². The van der Waals surface area contributed by atoms with Gasteiger partial charge in [-0.3, -0.25) is 4.79 Å². The van der Waals surface area contributed by atoms with Gasteiger partial charge in [0.05, 0.1) is 18.0 Å². The molecule has 4 nitrogen and oxygen atoms in total. The highest BCUT2D eigenvalue weighted by molar-refractivity contribution is 9.10. The Bertz CT molecular complexity index is 441. The van der Waals surface area contributed by atoms with Crippen molar-refractivity contribution in [2.75, 3.05) is 19.0 Å². The van der Waals surface area contributed by atoms with Gasteiger partial charge in [0, 0.05) is 12.2 Å². The summed E-state index contributed by atoms with van der Waals surface area (Å²) in [5.41, 5.74) is 0.497. The van der Waals surface area contributed by atoms with E-state index in [1.807, 2.05) is 39.0 Å². The largest absolute Gasteiger partial charge is 0.496 e. The molecule has 0 saturated carbocycles. The van der Waals surface area contributed by atoms with Gasteiger partial charge in [-0.25, -0.2) is 0 Å². The summed E-state index contributed by atoms with van der Waals surface area (Å²) in [5.74, 6) is 0.574. The molecule has 1 aromatic rings. The predicted octanol–water partition coefficient (Wildman–Crippen LogP) is 3.60. The van der Waals surface area contributed by atoms with Crippen LogP contribution < -0.4 is 10.1 Å². The number of methoxy groups -OCH3 is 1. The molecule has 0 aliphatic heterocycles. The number of hydrogen-bond acceptors (Lipinski definition) is 4. The Morgan fingerprint density at radius 2 is 2.05 bits per heavy atom. The summed E-state index contributed by atoms with van der Waals surface area (Å²) in [7, 11) is 1.62. The summed E-state index contributed by atoms with van der Waals surface area (Å²) in [4.78, 5) is 11.5. The normalized spacial score (nSPS) is 11.0. The van der Waals surface area contributed by atoms with Crippen molar-refractivity contribution < 1.29 is 14.3 Å². The van der Waals surface area contributed by atoms with Gasteiger partial charge >= 0.3 is 5.97 Å². The third-order valence-corrected chi connectivity index (χ3v) is 2.85. The van der Waals surface area contributed by atoms with Gasteiger partial charge in [-0.2, -0.15) is 0 Å². The lowest BCUT2D eigenvalue weighted by atomic mass is 10.2. The SMILES string of the molecule is COc1ccc(NCCC(=O)OC(C)(C)C)cc1Br. The van der Waals surface area contributed by atoms with Crippen LogP contribution in [0.4, 0.5) is 5.69 Å². The standard InChI is InChI=1S/C14H20BrNO3/c1-14(2,3)19-13(17)7-8-16-10-5-6-12(18-4)11(15)9-10/h5-6,9,16H,7-8H2,1-4H3. The number of esters is 1. The zero-order valence-corrected chi connectivity index (χ0v) is 13.3. The van der Waals surface area contributed by atoms with Crippen LogP contribution in [0.25, 0.3) is 0 Å². The molecule has 0 aromatic heterocycles. The molecule has 5 heteroatoms. The number of halogens is 1. The molecule has 0 spiro atoms. The van der Waals surface area contributed by atoms with Crippen LogP contribution in [0, 0.1) is 0 Å². The lowest BCUT2D eigenvalue weighted by molar-refractivity contribution is -0.154. The van der Waals surface area contributed by atoms with Gasteiger partial charge in [-0.1, -0.05) is 0 Å². The number of ether oxygens (including phenoxy) is 2. The minimum absolute atomic E-state index is 0.201. The molecular formula is C14H20BrNO3. The van der Waals surface area contributed by atoms with Crippen molar-refractivity contribution in [3.8, 4) is 5.75 Å². The smallest absolute Gasteiger partial charge is 0.308 e. The fraction of sp³-hybridized carbons (Fsp3) is 0.500. The van der Waals surface area contributed by atoms with Gasteiger partial charge in [0.1, 0.15) is 11.4 Å². The topological polar surface area (TPSA) is 47.6 Å². The quantitative estimate of drug-likeness (QED) is 0.838. The van der Waals surface area contributed by atoms with Crippen LogP contribution in [0.5, 0.6) is 5.75 Å². The first-order chi connectivity index (χ1) is 8.81. The molecule has 0 unspecified atom stereocenters. The van der Waals surface area contributed by atoms with E-state index in [1.54, 1.807) is 7.11 Å². The Balaban J connectivity index is 2.41. The van der Waals surface area contributed by atoms with Gasteiger partial charge in [0.25, 0.3) is 0 Å². The van der Waals surface area contributed by atoms with Gasteiger partial charge in [0.2, 0.25) is 0 Å². The first-order valence-electron chi connectivity index (χ1n) is 6.11. The number of hydrogen-bond donors (Lipinski definition) is 1. The Hall–Kier alpha value is -1.23. The molecule has 0 saturated heterocycles. The van der Waals surface area contributed by atoms with E-state index < -0.39 is 5.60 Å². The Morgan fingerprint density at radius 3 is 2.58 bits per heavy atom. The van der Waals surface area contributed by atoms with Gasteiger partial charge < -0.3 is 14.8 Å². The molecule has 0 bridgehead atoms. The van der Waals surface area contributed by atoms with Crippen molar-refractivity contribution in [2.24, 2.45) is 0 Å². The summed E-state index contributed by atoms with van der Waals surface area (Å²) < 4.78 is 11.2. The van der Waals surface area contributed by atoms with Crippen molar-refractivity contribution in [1.29, 1.82) is 0 Å². The zero-order chi connectivity index (χ0) is 14.5. The lowest BCUT2D eigenvalue weighted by Crippen LogP contribution is -2.25. The second-order valence-electron chi connectivity index (χ2n) is 5.11. The highest BCUT2D eigenvalue weighted by Gasteiger charge is 2.15. The van der Waals surface area contributed by atoms with E-state index in [1.165, 1.54) is 0 Å². The van der Waals surface area contributed by atoms with E-state index in [-0.39, 0.29) is 5.97 Å². The molecule has 1 rings (SSSR count). The molecular weight excluding hydrogens is 310 g/mol. The molecule has 0 aliphatic carbocycles. The maximum absolute atomic E-state index is 11.5. The second-order valence-corrected chi connectivity index (χ2v) is 5.97. The molecule has 0 aliphatic rings. The summed E-state index contributed by atoms with van der Waals surface area (Å²) in [6.07, 6.45) is 0.334. The third-order valence-electron chi connectivity index (χ3n) is 2.23. The molecule has 0 heterocycles. The third kappa shape index (κ3) is 5.96. The van der Waals surface area contributed by atoms with Crippen LogP contribution in [0.3, 0.4) is 0 Å². The van der Waals surface area contributed by atoms with Crippen molar-refractivity contribution in [3.05, 3.63) is 22.7 Å². The van der Waals surface area contributed by atoms with E-state index in [0.717, 1.165) is 15.9 Å². The van der Waals surface area contributed by atoms with E-state index >= 15 is 0 Å². The molecule has 19 heavy (non-hydrogen) atoms. The number of anilines is 1. The first kappa shape index (κ1) is 15.8. The van der Waals surface area contributed by atoms with Crippen LogP contribution >= 0.6 is 15.9 Å². The highest BCUT2D eigenvalue weighted by Crippen LogP contribution is 2.27.